The number of hydrogen-bond donors (Lipinski definition) is 1. The van der Waals surface area contributed by atoms with Gasteiger partial charge >= 0.3 is 0 Å². The van der Waals surface area contributed by atoms with Crippen LogP contribution < -0.4 is 5.73 Å². The molecule has 3 heterocycles. The van der Waals surface area contributed by atoms with Gasteiger partial charge in [-0.25, -0.2) is 14.6 Å². The zero-order valence-corrected chi connectivity index (χ0v) is 15.7. The van der Waals surface area contributed by atoms with E-state index < -0.39 is 0 Å². The summed E-state index contributed by atoms with van der Waals surface area (Å²) in [5, 5.41) is 9.56. The monoisotopic (exact) mass is 445 g/mol. The highest BCUT2D eigenvalue weighted by Crippen LogP contribution is 2.31. The van der Waals surface area contributed by atoms with E-state index in [1.54, 1.807) is 4.68 Å². The molecule has 0 saturated heterocycles. The highest BCUT2D eigenvalue weighted by molar-refractivity contribution is 14.1. The van der Waals surface area contributed by atoms with Gasteiger partial charge in [0.05, 0.1) is 23.3 Å². The maximum Gasteiger partial charge on any atom is 0.147 e. The number of halogens is 1. The summed E-state index contributed by atoms with van der Waals surface area (Å²) in [6.07, 6.45) is 6.37. The van der Waals surface area contributed by atoms with Crippen LogP contribution in [0.3, 0.4) is 0 Å². The number of nitrogens with zero attached hydrogens (tertiary/aromatic N) is 6. The second-order valence-electron chi connectivity index (χ2n) is 5.69. The maximum absolute atomic E-state index is 6.03. The van der Waals surface area contributed by atoms with Crippen LogP contribution in [-0.2, 0) is 0 Å². The Morgan fingerprint density at radius 3 is 2.72 bits per heavy atom. The summed E-state index contributed by atoms with van der Waals surface area (Å²) in [7, 11) is 0. The Morgan fingerprint density at radius 1 is 1.16 bits per heavy atom. The second kappa shape index (κ2) is 6.43. The smallest absolute Gasteiger partial charge is 0.147 e. The van der Waals surface area contributed by atoms with Crippen molar-refractivity contribution in [3.8, 4) is 5.69 Å². The summed E-state index contributed by atoms with van der Waals surface area (Å²) >= 11 is 2.27. The third-order valence-corrected chi connectivity index (χ3v) is 5.01. The lowest BCUT2D eigenvalue weighted by Crippen LogP contribution is -2.10. The lowest BCUT2D eigenvalue weighted by molar-refractivity contribution is 0.563. The van der Waals surface area contributed by atoms with E-state index in [0.717, 1.165) is 32.4 Å². The first-order chi connectivity index (χ1) is 12.2. The Kier molecular flexibility index (Phi) is 4.12. The van der Waals surface area contributed by atoms with Crippen molar-refractivity contribution in [2.45, 2.75) is 19.4 Å². The molecule has 0 aliphatic carbocycles. The molecule has 1 unspecified atom stereocenters. The summed E-state index contributed by atoms with van der Waals surface area (Å²) in [6, 6.07) is 9.97. The Balaban J connectivity index is 1.80. The number of aromatic nitrogens is 6. The van der Waals surface area contributed by atoms with E-state index in [4.69, 9.17) is 5.73 Å². The van der Waals surface area contributed by atoms with Gasteiger partial charge in [0.1, 0.15) is 23.5 Å². The van der Waals surface area contributed by atoms with Crippen LogP contribution in [0.1, 0.15) is 25.1 Å². The highest BCUT2D eigenvalue weighted by atomic mass is 127. The van der Waals surface area contributed by atoms with Crippen LogP contribution in [0.2, 0.25) is 0 Å². The van der Waals surface area contributed by atoms with Crippen LogP contribution in [-0.4, -0.2) is 29.5 Å². The van der Waals surface area contributed by atoms with Gasteiger partial charge in [0.2, 0.25) is 0 Å². The fraction of sp³-hybridized carbons (Fsp3) is 0.176. The molecule has 0 amide bonds. The SMILES string of the molecule is CCC(c1cn(-c2ccccc2)nn1)n1cc(I)c2c(N)ncnc21. The van der Waals surface area contributed by atoms with Gasteiger partial charge in [-0.05, 0) is 41.1 Å². The minimum Gasteiger partial charge on any atom is -0.383 e. The van der Waals surface area contributed by atoms with Crippen LogP contribution in [0, 0.1) is 3.57 Å². The number of para-hydroxylation sites is 1. The average Bonchev–Trinajstić information content (AvgIpc) is 3.23. The van der Waals surface area contributed by atoms with Crippen molar-refractivity contribution in [1.82, 2.24) is 29.5 Å². The molecule has 7 nitrogen and oxygen atoms in total. The minimum absolute atomic E-state index is 0.0257. The van der Waals surface area contributed by atoms with Crippen LogP contribution in [0.4, 0.5) is 5.82 Å². The molecule has 0 fully saturated rings. The third-order valence-electron chi connectivity index (χ3n) is 4.19. The second-order valence-corrected chi connectivity index (χ2v) is 6.85. The molecule has 4 rings (SSSR count). The lowest BCUT2D eigenvalue weighted by atomic mass is 10.1. The molecule has 0 spiro atoms. The Morgan fingerprint density at radius 2 is 1.96 bits per heavy atom. The van der Waals surface area contributed by atoms with Crippen molar-refractivity contribution in [2.75, 3.05) is 5.73 Å². The third kappa shape index (κ3) is 2.76. The molecule has 1 atom stereocenters. The van der Waals surface area contributed by atoms with E-state index in [1.165, 1.54) is 6.33 Å². The summed E-state index contributed by atoms with van der Waals surface area (Å²) in [6.45, 7) is 2.12. The zero-order chi connectivity index (χ0) is 17.4. The molecular weight excluding hydrogens is 429 g/mol. The van der Waals surface area contributed by atoms with Gasteiger partial charge in [0.25, 0.3) is 0 Å². The van der Waals surface area contributed by atoms with E-state index in [1.807, 2.05) is 42.7 Å². The van der Waals surface area contributed by atoms with Crippen LogP contribution in [0.5, 0.6) is 0 Å². The molecule has 0 saturated carbocycles. The zero-order valence-electron chi connectivity index (χ0n) is 13.5. The number of benzene rings is 1. The molecule has 2 N–H and O–H groups in total. The van der Waals surface area contributed by atoms with Gasteiger partial charge in [0, 0.05) is 9.77 Å². The summed E-state index contributed by atoms with van der Waals surface area (Å²) < 4.78 is 4.92. The van der Waals surface area contributed by atoms with E-state index in [0.29, 0.717) is 5.82 Å². The molecule has 126 valence electrons. The molecule has 0 radical (unpaired) electrons. The van der Waals surface area contributed by atoms with Gasteiger partial charge in [0.15, 0.2) is 0 Å². The maximum atomic E-state index is 6.03. The average molecular weight is 445 g/mol. The van der Waals surface area contributed by atoms with Crippen LogP contribution >= 0.6 is 22.6 Å². The molecule has 0 bridgehead atoms. The molecule has 1 aromatic carbocycles. The Labute approximate surface area is 158 Å². The van der Waals surface area contributed by atoms with Crippen molar-refractivity contribution in [1.29, 1.82) is 0 Å². The van der Waals surface area contributed by atoms with Gasteiger partial charge in [-0.3, -0.25) is 0 Å². The van der Waals surface area contributed by atoms with E-state index in [9.17, 15) is 0 Å². The van der Waals surface area contributed by atoms with Crippen LogP contribution in [0.25, 0.3) is 16.7 Å². The number of hydrogen-bond acceptors (Lipinski definition) is 5. The predicted octanol–water partition coefficient (Wildman–Crippen LogP) is 3.20. The minimum atomic E-state index is 0.0257. The molecular formula is C17H16IN7. The number of anilines is 1. The molecule has 0 aliphatic rings. The molecule has 3 aromatic heterocycles. The van der Waals surface area contributed by atoms with Crippen molar-refractivity contribution < 1.29 is 0 Å². The number of rotatable bonds is 4. The van der Waals surface area contributed by atoms with E-state index in [2.05, 4.69) is 54.4 Å². The van der Waals surface area contributed by atoms with E-state index in [-0.39, 0.29) is 6.04 Å². The van der Waals surface area contributed by atoms with Gasteiger partial charge in [-0.1, -0.05) is 30.3 Å². The number of nitrogen functional groups attached to an aromatic ring is 1. The standard InChI is InChI=1S/C17H16IN7/c1-2-14(13-9-25(23-22-13)11-6-4-3-5-7-11)24-8-12(18)15-16(19)20-10-21-17(15)24/h3-10,14H,2H2,1H3,(H2,19,20,21). The van der Waals surface area contributed by atoms with Crippen LogP contribution in [0.15, 0.2) is 49.1 Å². The summed E-state index contributed by atoms with van der Waals surface area (Å²) in [5.74, 6) is 0.496. The first-order valence-electron chi connectivity index (χ1n) is 7.93. The normalized spacial score (nSPS) is 12.6. The first kappa shape index (κ1) is 16.0. The van der Waals surface area contributed by atoms with Crippen molar-refractivity contribution in [3.05, 3.63) is 58.3 Å². The number of fused-ring (bicyclic) bond motifs is 1. The fourth-order valence-corrected chi connectivity index (χ4v) is 3.80. The lowest BCUT2D eigenvalue weighted by Gasteiger charge is -2.15. The Bertz CT molecular complexity index is 1020. The first-order valence-corrected chi connectivity index (χ1v) is 9.01. The predicted molar refractivity (Wildman–Crippen MR) is 104 cm³/mol. The topological polar surface area (TPSA) is 87.4 Å². The number of nitrogens with two attached hydrogens (primary N) is 1. The van der Waals surface area contributed by atoms with E-state index >= 15 is 0 Å². The molecule has 25 heavy (non-hydrogen) atoms. The Hall–Kier alpha value is -2.49. The van der Waals surface area contributed by atoms with Gasteiger partial charge in [-0.2, -0.15) is 0 Å². The molecule has 8 heteroatoms. The van der Waals surface area contributed by atoms with Crippen molar-refractivity contribution in [2.24, 2.45) is 0 Å². The summed E-state index contributed by atoms with van der Waals surface area (Å²) in [5.41, 5.74) is 8.71. The molecule has 0 aliphatic heterocycles. The highest BCUT2D eigenvalue weighted by Gasteiger charge is 2.21. The summed E-state index contributed by atoms with van der Waals surface area (Å²) in [4.78, 5) is 8.53. The molecule has 4 aromatic rings. The fourth-order valence-electron chi connectivity index (χ4n) is 2.98. The largest absolute Gasteiger partial charge is 0.383 e. The van der Waals surface area contributed by atoms with Gasteiger partial charge < -0.3 is 10.3 Å². The quantitative estimate of drug-likeness (QED) is 0.488. The van der Waals surface area contributed by atoms with Crippen molar-refractivity contribution in [3.63, 3.8) is 0 Å². The van der Waals surface area contributed by atoms with Gasteiger partial charge in [-0.15, -0.1) is 5.10 Å². The van der Waals surface area contributed by atoms with Crippen molar-refractivity contribution >= 4 is 39.4 Å².